The van der Waals surface area contributed by atoms with E-state index in [0.29, 0.717) is 6.61 Å². The number of hydrogen-bond donors (Lipinski definition) is 2. The molecule has 0 heterocycles. The molecule has 0 atom stereocenters. The van der Waals surface area contributed by atoms with Gasteiger partial charge >= 0.3 is 0 Å². The van der Waals surface area contributed by atoms with Crippen LogP contribution in [0, 0.1) is 0 Å². The Morgan fingerprint density at radius 1 is 0.808 bits per heavy atom. The molecule has 26 heavy (non-hydrogen) atoms. The number of rotatable bonds is 12. The maximum Gasteiger partial charge on any atom is 0.123 e. The molecule has 2 N–H and O–H groups in total. The van der Waals surface area contributed by atoms with E-state index in [1.807, 2.05) is 43.3 Å². The Morgan fingerprint density at radius 3 is 2.38 bits per heavy atom. The molecule has 0 amide bonds. The molecule has 2 aromatic carbocycles. The molecule has 0 unspecified atom stereocenters. The van der Waals surface area contributed by atoms with Gasteiger partial charge in [-0.25, -0.2) is 0 Å². The normalized spacial score (nSPS) is 10.6. The van der Waals surface area contributed by atoms with Gasteiger partial charge in [0.05, 0.1) is 20.8 Å². The highest BCUT2D eigenvalue weighted by atomic mass is 16.5. The van der Waals surface area contributed by atoms with Gasteiger partial charge in [0, 0.05) is 25.2 Å². The first-order chi connectivity index (χ1) is 12.8. The molecule has 0 bridgehead atoms. The molecule has 0 aliphatic carbocycles. The summed E-state index contributed by atoms with van der Waals surface area (Å²) in [5.74, 6) is 2.72. The lowest BCUT2D eigenvalue weighted by Gasteiger charge is -2.12. The Balaban J connectivity index is 1.67. The third-order valence-electron chi connectivity index (χ3n) is 4.13. The van der Waals surface area contributed by atoms with Gasteiger partial charge in [-0.3, -0.25) is 0 Å². The summed E-state index contributed by atoms with van der Waals surface area (Å²) in [6, 6.07) is 14.1. The Hall–Kier alpha value is -2.24. The van der Waals surface area contributed by atoms with Crippen molar-refractivity contribution in [1.29, 1.82) is 0 Å². The van der Waals surface area contributed by atoms with E-state index in [9.17, 15) is 0 Å². The standard InChI is InChI=1S/C21H30N2O3/c1-4-26-21-8-6-5-7-18(21)16-23-14-13-22-12-11-17-15-19(24-2)9-10-20(17)25-3/h5-10,15,22-23H,4,11-14,16H2,1-3H3. The summed E-state index contributed by atoms with van der Waals surface area (Å²) in [4.78, 5) is 0. The molecular weight excluding hydrogens is 328 g/mol. The van der Waals surface area contributed by atoms with Gasteiger partial charge < -0.3 is 24.8 Å². The summed E-state index contributed by atoms with van der Waals surface area (Å²) in [6.07, 6.45) is 0.896. The van der Waals surface area contributed by atoms with Crippen molar-refractivity contribution < 1.29 is 14.2 Å². The summed E-state index contributed by atoms with van der Waals surface area (Å²) >= 11 is 0. The molecule has 0 aromatic heterocycles. The fraction of sp³-hybridized carbons (Fsp3) is 0.429. The van der Waals surface area contributed by atoms with Crippen molar-refractivity contribution in [3.8, 4) is 17.2 Å². The van der Waals surface area contributed by atoms with Crippen LogP contribution in [0.2, 0.25) is 0 Å². The first kappa shape index (κ1) is 20.1. The Kier molecular flexibility index (Phi) is 8.79. The van der Waals surface area contributed by atoms with E-state index in [2.05, 4.69) is 16.7 Å². The molecule has 0 aliphatic heterocycles. The Labute approximate surface area is 156 Å². The number of nitrogens with one attached hydrogen (secondary N) is 2. The molecule has 0 saturated carbocycles. The average Bonchev–Trinajstić information content (AvgIpc) is 2.68. The lowest BCUT2D eigenvalue weighted by atomic mass is 10.1. The highest BCUT2D eigenvalue weighted by Crippen LogP contribution is 2.24. The van der Waals surface area contributed by atoms with Crippen LogP contribution in [0.1, 0.15) is 18.1 Å². The van der Waals surface area contributed by atoms with E-state index in [4.69, 9.17) is 14.2 Å². The predicted octanol–water partition coefficient (Wildman–Crippen LogP) is 3.02. The van der Waals surface area contributed by atoms with Crippen LogP contribution in [0.5, 0.6) is 17.2 Å². The second-order valence-electron chi connectivity index (χ2n) is 5.90. The van der Waals surface area contributed by atoms with Crippen LogP contribution in [0.15, 0.2) is 42.5 Å². The molecule has 0 spiro atoms. The van der Waals surface area contributed by atoms with Gasteiger partial charge in [-0.2, -0.15) is 0 Å². The minimum Gasteiger partial charge on any atom is -0.497 e. The van der Waals surface area contributed by atoms with E-state index in [0.717, 1.165) is 55.4 Å². The van der Waals surface area contributed by atoms with Crippen LogP contribution in [0.25, 0.3) is 0 Å². The van der Waals surface area contributed by atoms with Crippen LogP contribution in [0.4, 0.5) is 0 Å². The molecule has 0 saturated heterocycles. The predicted molar refractivity (Wildman–Crippen MR) is 105 cm³/mol. The van der Waals surface area contributed by atoms with E-state index < -0.39 is 0 Å². The van der Waals surface area contributed by atoms with Crippen LogP contribution in [-0.2, 0) is 13.0 Å². The zero-order chi connectivity index (χ0) is 18.6. The first-order valence-electron chi connectivity index (χ1n) is 9.11. The van der Waals surface area contributed by atoms with Crippen LogP contribution >= 0.6 is 0 Å². The van der Waals surface area contributed by atoms with E-state index in [1.165, 1.54) is 5.56 Å². The number of ether oxygens (including phenoxy) is 3. The SMILES string of the molecule is CCOc1ccccc1CNCCNCCc1cc(OC)ccc1OC. The van der Waals surface area contributed by atoms with Gasteiger partial charge in [0.15, 0.2) is 0 Å². The number of benzene rings is 2. The zero-order valence-electron chi connectivity index (χ0n) is 16.0. The molecular formula is C21H30N2O3. The van der Waals surface area contributed by atoms with Crippen molar-refractivity contribution in [2.45, 2.75) is 19.9 Å². The first-order valence-corrected chi connectivity index (χ1v) is 9.11. The van der Waals surface area contributed by atoms with Crippen molar-refractivity contribution >= 4 is 0 Å². The molecule has 5 nitrogen and oxygen atoms in total. The lowest BCUT2D eigenvalue weighted by Crippen LogP contribution is -2.28. The largest absolute Gasteiger partial charge is 0.497 e. The Morgan fingerprint density at radius 2 is 1.62 bits per heavy atom. The second kappa shape index (κ2) is 11.4. The fourth-order valence-electron chi connectivity index (χ4n) is 2.77. The third-order valence-corrected chi connectivity index (χ3v) is 4.13. The average molecular weight is 358 g/mol. The third kappa shape index (κ3) is 6.24. The molecule has 142 valence electrons. The molecule has 2 rings (SSSR count). The summed E-state index contributed by atoms with van der Waals surface area (Å²) < 4.78 is 16.3. The summed E-state index contributed by atoms with van der Waals surface area (Å²) in [5.41, 5.74) is 2.34. The van der Waals surface area contributed by atoms with Crippen LogP contribution < -0.4 is 24.8 Å². The van der Waals surface area contributed by atoms with E-state index >= 15 is 0 Å². The van der Waals surface area contributed by atoms with Gasteiger partial charge in [-0.15, -0.1) is 0 Å². The van der Waals surface area contributed by atoms with Gasteiger partial charge in [-0.05, 0) is 49.7 Å². The number of hydrogen-bond acceptors (Lipinski definition) is 5. The van der Waals surface area contributed by atoms with Gasteiger partial charge in [0.25, 0.3) is 0 Å². The highest BCUT2D eigenvalue weighted by molar-refractivity contribution is 5.40. The van der Waals surface area contributed by atoms with Crippen LogP contribution in [0.3, 0.4) is 0 Å². The molecule has 0 aliphatic rings. The van der Waals surface area contributed by atoms with E-state index in [1.54, 1.807) is 14.2 Å². The van der Waals surface area contributed by atoms with Crippen molar-refractivity contribution in [2.75, 3.05) is 40.5 Å². The zero-order valence-corrected chi connectivity index (χ0v) is 16.0. The topological polar surface area (TPSA) is 51.8 Å². The highest BCUT2D eigenvalue weighted by Gasteiger charge is 2.05. The molecule has 5 heteroatoms. The van der Waals surface area contributed by atoms with Gasteiger partial charge in [0.2, 0.25) is 0 Å². The fourth-order valence-corrected chi connectivity index (χ4v) is 2.77. The Bertz CT molecular complexity index is 661. The molecule has 0 radical (unpaired) electrons. The van der Waals surface area contributed by atoms with E-state index in [-0.39, 0.29) is 0 Å². The maximum absolute atomic E-state index is 5.64. The van der Waals surface area contributed by atoms with Crippen molar-refractivity contribution in [2.24, 2.45) is 0 Å². The minimum atomic E-state index is 0.687. The minimum absolute atomic E-state index is 0.687. The molecule has 2 aromatic rings. The number of para-hydroxylation sites is 1. The monoisotopic (exact) mass is 358 g/mol. The second-order valence-corrected chi connectivity index (χ2v) is 5.90. The summed E-state index contributed by atoms with van der Waals surface area (Å²) in [7, 11) is 3.38. The molecule has 0 fully saturated rings. The van der Waals surface area contributed by atoms with Crippen molar-refractivity contribution in [3.05, 3.63) is 53.6 Å². The number of methoxy groups -OCH3 is 2. The van der Waals surface area contributed by atoms with Gasteiger partial charge in [0.1, 0.15) is 17.2 Å². The van der Waals surface area contributed by atoms with Crippen molar-refractivity contribution in [1.82, 2.24) is 10.6 Å². The summed E-state index contributed by atoms with van der Waals surface area (Å²) in [5, 5.41) is 6.91. The summed E-state index contributed by atoms with van der Waals surface area (Å²) in [6.45, 7) is 6.19. The maximum atomic E-state index is 5.64. The lowest BCUT2D eigenvalue weighted by molar-refractivity contribution is 0.335. The van der Waals surface area contributed by atoms with Crippen molar-refractivity contribution in [3.63, 3.8) is 0 Å². The quantitative estimate of drug-likeness (QED) is 0.571. The van der Waals surface area contributed by atoms with Gasteiger partial charge in [-0.1, -0.05) is 18.2 Å². The smallest absolute Gasteiger partial charge is 0.123 e. The van der Waals surface area contributed by atoms with Crippen LogP contribution in [-0.4, -0.2) is 40.5 Å².